The number of hydrogen-bond acceptors (Lipinski definition) is 5. The minimum absolute atomic E-state index is 0.111. The molecular formula is C22H26BrN5O2. The molecule has 7 nitrogen and oxygen atoms in total. The molecule has 158 valence electrons. The highest BCUT2D eigenvalue weighted by Crippen LogP contribution is 2.61. The van der Waals surface area contributed by atoms with Gasteiger partial charge in [0.25, 0.3) is 5.56 Å². The molecule has 0 radical (unpaired) electrons. The van der Waals surface area contributed by atoms with Crippen molar-refractivity contribution in [3.05, 3.63) is 50.6 Å². The summed E-state index contributed by atoms with van der Waals surface area (Å²) < 4.78 is 1.66. The average molecular weight is 472 g/mol. The molecule has 2 aromatic rings. The van der Waals surface area contributed by atoms with Gasteiger partial charge in [0.05, 0.1) is 11.9 Å². The van der Waals surface area contributed by atoms with Crippen LogP contribution in [0, 0.1) is 24.7 Å². The average Bonchev–Trinajstić information content (AvgIpc) is 3.10. The van der Waals surface area contributed by atoms with Gasteiger partial charge in [0.15, 0.2) is 0 Å². The van der Waals surface area contributed by atoms with Crippen LogP contribution in [0.3, 0.4) is 0 Å². The zero-order chi connectivity index (χ0) is 20.9. The maximum absolute atomic E-state index is 12.8. The van der Waals surface area contributed by atoms with Gasteiger partial charge < -0.3 is 10.6 Å². The third-order valence-electron chi connectivity index (χ3n) is 7.26. The molecule has 6 rings (SSSR count). The predicted molar refractivity (Wildman–Crippen MR) is 117 cm³/mol. The van der Waals surface area contributed by atoms with Crippen molar-refractivity contribution >= 4 is 27.5 Å². The molecule has 2 atom stereocenters. The number of hydrogen-bond donors (Lipinski definition) is 2. The summed E-state index contributed by atoms with van der Waals surface area (Å²) >= 11 is 3.46. The Morgan fingerprint density at radius 1 is 1.27 bits per heavy atom. The maximum Gasteiger partial charge on any atom is 0.283 e. The van der Waals surface area contributed by atoms with Crippen LogP contribution in [-0.4, -0.2) is 26.2 Å². The predicted octanol–water partition coefficient (Wildman–Crippen LogP) is 3.02. The fraction of sp³-hybridized carbons (Fsp3) is 0.545. The van der Waals surface area contributed by atoms with E-state index in [1.807, 2.05) is 13.0 Å². The van der Waals surface area contributed by atoms with Crippen LogP contribution in [0.25, 0.3) is 0 Å². The summed E-state index contributed by atoms with van der Waals surface area (Å²) in [6, 6.07) is 1.87. The van der Waals surface area contributed by atoms with E-state index < -0.39 is 0 Å². The van der Waals surface area contributed by atoms with Crippen LogP contribution in [-0.2, 0) is 17.9 Å². The zero-order valence-electron chi connectivity index (χ0n) is 17.0. The smallest absolute Gasteiger partial charge is 0.283 e. The molecule has 2 heterocycles. The van der Waals surface area contributed by atoms with E-state index in [0.29, 0.717) is 16.9 Å². The van der Waals surface area contributed by atoms with Gasteiger partial charge in [0.1, 0.15) is 11.0 Å². The van der Waals surface area contributed by atoms with Crippen LogP contribution >= 0.6 is 15.9 Å². The van der Waals surface area contributed by atoms with Crippen LogP contribution in [0.4, 0.5) is 5.69 Å². The number of nitrogens with one attached hydrogen (secondary N) is 2. The summed E-state index contributed by atoms with van der Waals surface area (Å²) in [7, 11) is 0. The quantitative estimate of drug-likeness (QED) is 0.675. The number of aryl methyl sites for hydroxylation is 1. The van der Waals surface area contributed by atoms with E-state index in [1.165, 1.54) is 36.8 Å². The van der Waals surface area contributed by atoms with Crippen molar-refractivity contribution in [3.8, 4) is 0 Å². The van der Waals surface area contributed by atoms with Crippen LogP contribution in [0.5, 0.6) is 0 Å². The third kappa shape index (κ3) is 3.45. The minimum Gasteiger partial charge on any atom is -0.377 e. The summed E-state index contributed by atoms with van der Waals surface area (Å²) in [5.41, 5.74) is 2.59. The summed E-state index contributed by atoms with van der Waals surface area (Å²) in [4.78, 5) is 29.2. The molecular weight excluding hydrogens is 446 g/mol. The van der Waals surface area contributed by atoms with Crippen LogP contribution in [0.2, 0.25) is 0 Å². The minimum atomic E-state index is -0.288. The number of anilines is 1. The van der Waals surface area contributed by atoms with Crippen molar-refractivity contribution in [3.63, 3.8) is 0 Å². The Morgan fingerprint density at radius 3 is 2.77 bits per heavy atom. The molecule has 1 amide bonds. The van der Waals surface area contributed by atoms with Crippen LogP contribution in [0.15, 0.2) is 33.9 Å². The Bertz CT molecular complexity index is 1040. The molecule has 0 spiro atoms. The van der Waals surface area contributed by atoms with E-state index in [4.69, 9.17) is 0 Å². The molecule has 30 heavy (non-hydrogen) atoms. The van der Waals surface area contributed by atoms with Crippen molar-refractivity contribution < 1.29 is 4.79 Å². The van der Waals surface area contributed by atoms with Gasteiger partial charge in [0, 0.05) is 24.5 Å². The number of pyridine rings is 1. The molecule has 4 saturated carbocycles. The Kier molecular flexibility index (Phi) is 4.92. The number of rotatable bonds is 6. The second-order valence-corrected chi connectivity index (χ2v) is 10.0. The van der Waals surface area contributed by atoms with Gasteiger partial charge in [0.2, 0.25) is 5.91 Å². The Morgan fingerprint density at radius 2 is 2.03 bits per heavy atom. The van der Waals surface area contributed by atoms with Crippen LogP contribution < -0.4 is 16.2 Å². The van der Waals surface area contributed by atoms with Gasteiger partial charge in [-0.3, -0.25) is 14.6 Å². The van der Waals surface area contributed by atoms with E-state index in [9.17, 15) is 9.59 Å². The summed E-state index contributed by atoms with van der Waals surface area (Å²) in [5.74, 6) is 2.11. The van der Waals surface area contributed by atoms with Crippen molar-refractivity contribution in [1.82, 2.24) is 20.1 Å². The first-order valence-electron chi connectivity index (χ1n) is 10.6. The molecule has 4 bridgehead atoms. The summed E-state index contributed by atoms with van der Waals surface area (Å²) in [6.45, 7) is 2.24. The van der Waals surface area contributed by atoms with Crippen molar-refractivity contribution in [2.24, 2.45) is 17.8 Å². The van der Waals surface area contributed by atoms with Gasteiger partial charge in [-0.1, -0.05) is 0 Å². The third-order valence-corrected chi connectivity index (χ3v) is 8.03. The molecule has 8 heteroatoms. The highest BCUT2D eigenvalue weighted by Gasteiger charge is 2.57. The van der Waals surface area contributed by atoms with Gasteiger partial charge >= 0.3 is 0 Å². The van der Waals surface area contributed by atoms with Crippen molar-refractivity contribution in [2.45, 2.75) is 57.7 Å². The number of aromatic nitrogens is 3. The highest BCUT2D eigenvalue weighted by atomic mass is 79.9. The largest absolute Gasteiger partial charge is 0.377 e. The molecule has 0 saturated heterocycles. The fourth-order valence-corrected chi connectivity index (χ4v) is 6.43. The lowest BCUT2D eigenvalue weighted by Gasteiger charge is -2.35. The van der Waals surface area contributed by atoms with E-state index >= 15 is 0 Å². The van der Waals surface area contributed by atoms with E-state index in [-0.39, 0.29) is 23.6 Å². The van der Waals surface area contributed by atoms with Gasteiger partial charge in [-0.15, -0.1) is 0 Å². The number of carbonyl (C=O) groups excluding carboxylic acids is 1. The molecule has 0 aliphatic heterocycles. The van der Waals surface area contributed by atoms with Crippen molar-refractivity contribution in [1.29, 1.82) is 0 Å². The van der Waals surface area contributed by atoms with Gasteiger partial charge in [-0.2, -0.15) is 5.10 Å². The Labute approximate surface area is 183 Å². The number of halogens is 1. The lowest BCUT2D eigenvalue weighted by molar-refractivity contribution is -0.122. The lowest BCUT2D eigenvalue weighted by Crippen LogP contribution is -2.41. The molecule has 2 unspecified atom stereocenters. The first-order valence-corrected chi connectivity index (χ1v) is 11.4. The molecule has 4 aliphatic carbocycles. The van der Waals surface area contributed by atoms with Gasteiger partial charge in [-0.05, 0) is 89.9 Å². The van der Waals surface area contributed by atoms with Crippen LogP contribution in [0.1, 0.15) is 43.2 Å². The summed E-state index contributed by atoms with van der Waals surface area (Å²) in [6.07, 6.45) is 11.5. The first kappa shape index (κ1) is 19.7. The Balaban J connectivity index is 1.26. The molecule has 2 N–H and O–H groups in total. The van der Waals surface area contributed by atoms with E-state index in [2.05, 4.69) is 36.6 Å². The topological polar surface area (TPSA) is 88.9 Å². The normalized spacial score (nSPS) is 28.7. The van der Waals surface area contributed by atoms with E-state index in [1.54, 1.807) is 18.6 Å². The zero-order valence-corrected chi connectivity index (χ0v) is 18.6. The summed E-state index contributed by atoms with van der Waals surface area (Å²) in [5, 5.41) is 10.8. The standard InChI is InChI=1S/C22H26BrN5O2/c1-13-9-24-3-2-16(13)10-25-19(29)12-28-21(30)20(23)18(11-26-28)27-22-7-14-4-15(8-22)6-17(22)5-14/h2-3,9,11,14-15,17,27H,4-8,10,12H2,1H3,(H,25,29). The lowest BCUT2D eigenvalue weighted by atomic mass is 9.80. The maximum atomic E-state index is 12.8. The number of amides is 1. The van der Waals surface area contributed by atoms with Crippen molar-refractivity contribution in [2.75, 3.05) is 5.32 Å². The molecule has 2 aromatic heterocycles. The first-order chi connectivity index (χ1) is 14.4. The molecule has 0 aromatic carbocycles. The Hall–Kier alpha value is -2.22. The van der Waals surface area contributed by atoms with Gasteiger partial charge in [-0.25, -0.2) is 4.68 Å². The second kappa shape index (κ2) is 7.48. The fourth-order valence-electron chi connectivity index (χ4n) is 6.02. The SMILES string of the molecule is Cc1cnccc1CNC(=O)Cn1ncc(NC23CC4CC(CC2C4)C3)c(Br)c1=O. The van der Waals surface area contributed by atoms with E-state index in [0.717, 1.165) is 28.7 Å². The number of carbonyl (C=O) groups is 1. The molecule has 4 aliphatic rings. The molecule has 4 fully saturated rings. The number of nitrogens with zero attached hydrogens (tertiary/aromatic N) is 3. The second-order valence-electron chi connectivity index (χ2n) is 9.24. The monoisotopic (exact) mass is 471 g/mol. The highest BCUT2D eigenvalue weighted by molar-refractivity contribution is 9.10.